The van der Waals surface area contributed by atoms with Crippen LogP contribution in [0.1, 0.15) is 16.1 Å². The molecule has 0 aliphatic carbocycles. The molecule has 0 saturated heterocycles. The summed E-state index contributed by atoms with van der Waals surface area (Å²) in [6, 6.07) is 8.94. The second-order valence-electron chi connectivity index (χ2n) is 4.20. The summed E-state index contributed by atoms with van der Waals surface area (Å²) in [5.74, 6) is -1.38. The zero-order valence-corrected chi connectivity index (χ0v) is 13.7. The van der Waals surface area contributed by atoms with Crippen LogP contribution in [-0.2, 0) is 0 Å². The van der Waals surface area contributed by atoms with Gasteiger partial charge in [0.2, 0.25) is 0 Å². The van der Waals surface area contributed by atoms with Crippen LogP contribution in [-0.4, -0.2) is 0 Å². The molecular formula is C14H9Br2F2N3. The highest BCUT2D eigenvalue weighted by Gasteiger charge is 2.19. The van der Waals surface area contributed by atoms with Crippen molar-refractivity contribution in [1.82, 2.24) is 0 Å². The first kappa shape index (κ1) is 15.7. The van der Waals surface area contributed by atoms with Gasteiger partial charge in [0.15, 0.2) is 0 Å². The molecule has 7 heteroatoms. The van der Waals surface area contributed by atoms with Crippen LogP contribution in [0.25, 0.3) is 0 Å². The zero-order chi connectivity index (χ0) is 15.6. The highest BCUT2D eigenvalue weighted by molar-refractivity contribution is 9.10. The molecule has 0 radical (unpaired) electrons. The SMILES string of the molecule is N#Cc1ccc(NC(Br)c2c(F)cc(Br)cc2F)c(N)c1. The Morgan fingerprint density at radius 1 is 1.19 bits per heavy atom. The molecule has 0 aliphatic heterocycles. The number of nitriles is 1. The van der Waals surface area contributed by atoms with Crippen LogP contribution in [0.2, 0.25) is 0 Å². The molecule has 0 heterocycles. The highest BCUT2D eigenvalue weighted by Crippen LogP contribution is 2.33. The van der Waals surface area contributed by atoms with Crippen molar-refractivity contribution in [2.24, 2.45) is 0 Å². The molecule has 1 atom stereocenters. The molecule has 2 aromatic rings. The van der Waals surface area contributed by atoms with Crippen molar-refractivity contribution in [3.63, 3.8) is 0 Å². The van der Waals surface area contributed by atoms with Crippen LogP contribution in [0.15, 0.2) is 34.8 Å². The fourth-order valence-corrected chi connectivity index (χ4v) is 2.85. The minimum Gasteiger partial charge on any atom is -0.397 e. The maximum atomic E-state index is 13.9. The van der Waals surface area contributed by atoms with Gasteiger partial charge in [-0.1, -0.05) is 31.9 Å². The van der Waals surface area contributed by atoms with Crippen LogP contribution in [0.4, 0.5) is 20.2 Å². The lowest BCUT2D eigenvalue weighted by molar-refractivity contribution is 0.558. The van der Waals surface area contributed by atoms with Gasteiger partial charge in [-0.2, -0.15) is 5.26 Å². The van der Waals surface area contributed by atoms with E-state index >= 15 is 0 Å². The summed E-state index contributed by atoms with van der Waals surface area (Å²) in [5, 5.41) is 11.6. The molecule has 108 valence electrons. The summed E-state index contributed by atoms with van der Waals surface area (Å²) in [6.07, 6.45) is 0. The largest absolute Gasteiger partial charge is 0.397 e. The Morgan fingerprint density at radius 3 is 2.33 bits per heavy atom. The quantitative estimate of drug-likeness (QED) is 0.433. The number of nitrogens with two attached hydrogens (primary N) is 1. The lowest BCUT2D eigenvalue weighted by Crippen LogP contribution is -2.10. The van der Waals surface area contributed by atoms with E-state index in [0.29, 0.717) is 21.4 Å². The molecule has 0 amide bonds. The van der Waals surface area contributed by atoms with E-state index in [2.05, 4.69) is 37.2 Å². The molecule has 0 aliphatic rings. The zero-order valence-electron chi connectivity index (χ0n) is 10.5. The minimum absolute atomic E-state index is 0.151. The van der Waals surface area contributed by atoms with E-state index in [9.17, 15) is 8.78 Å². The van der Waals surface area contributed by atoms with E-state index in [4.69, 9.17) is 11.0 Å². The summed E-state index contributed by atoms with van der Waals surface area (Å²) >= 11 is 6.22. The van der Waals surface area contributed by atoms with Crippen LogP contribution in [0.5, 0.6) is 0 Å². The summed E-state index contributed by atoms with van der Waals surface area (Å²) in [6.45, 7) is 0. The normalized spacial score (nSPS) is 11.8. The molecule has 1 unspecified atom stereocenters. The predicted molar refractivity (Wildman–Crippen MR) is 84.9 cm³/mol. The smallest absolute Gasteiger partial charge is 0.133 e. The molecule has 3 N–H and O–H groups in total. The lowest BCUT2D eigenvalue weighted by Gasteiger charge is -2.17. The maximum Gasteiger partial charge on any atom is 0.133 e. The Hall–Kier alpha value is -1.65. The average Bonchev–Trinajstić information content (AvgIpc) is 2.39. The Balaban J connectivity index is 2.31. The molecule has 3 nitrogen and oxygen atoms in total. The molecule has 0 fully saturated rings. The number of nitrogens with zero attached hydrogens (tertiary/aromatic N) is 1. The van der Waals surface area contributed by atoms with Gasteiger partial charge < -0.3 is 11.1 Å². The van der Waals surface area contributed by atoms with Crippen molar-refractivity contribution >= 4 is 43.2 Å². The number of nitrogens with one attached hydrogen (secondary N) is 1. The summed E-state index contributed by atoms with van der Waals surface area (Å²) in [5.41, 5.74) is 6.84. The van der Waals surface area contributed by atoms with Gasteiger partial charge in [0.1, 0.15) is 16.6 Å². The molecule has 2 rings (SSSR count). The number of rotatable bonds is 3. The number of halogens is 4. The Bertz CT molecular complexity index is 706. The second kappa shape index (κ2) is 6.41. The molecule has 0 bridgehead atoms. The Morgan fingerprint density at radius 2 is 1.81 bits per heavy atom. The Kier molecular flexibility index (Phi) is 4.80. The fraction of sp³-hybridized carbons (Fsp3) is 0.0714. The number of alkyl halides is 1. The molecule has 0 spiro atoms. The molecule has 0 saturated carbocycles. The number of hydrogen-bond acceptors (Lipinski definition) is 3. The van der Waals surface area contributed by atoms with Crippen molar-refractivity contribution in [1.29, 1.82) is 5.26 Å². The number of nitrogen functional groups attached to an aromatic ring is 1. The second-order valence-corrected chi connectivity index (χ2v) is 6.04. The molecular weight excluding hydrogens is 408 g/mol. The van der Waals surface area contributed by atoms with E-state index in [-0.39, 0.29) is 5.56 Å². The van der Waals surface area contributed by atoms with Crippen LogP contribution in [0.3, 0.4) is 0 Å². The number of hydrogen-bond donors (Lipinski definition) is 2. The van der Waals surface area contributed by atoms with Crippen molar-refractivity contribution < 1.29 is 8.78 Å². The van der Waals surface area contributed by atoms with Gasteiger partial charge in [0.25, 0.3) is 0 Å². The predicted octanol–water partition coefficient (Wildman–Crippen LogP) is 4.69. The van der Waals surface area contributed by atoms with Crippen molar-refractivity contribution in [3.05, 3.63) is 57.6 Å². The first-order valence-corrected chi connectivity index (χ1v) is 7.48. The lowest BCUT2D eigenvalue weighted by atomic mass is 10.1. The summed E-state index contributed by atoms with van der Waals surface area (Å²) in [7, 11) is 0. The van der Waals surface area contributed by atoms with Gasteiger partial charge in [-0.15, -0.1) is 0 Å². The maximum absolute atomic E-state index is 13.9. The number of benzene rings is 2. The first-order valence-electron chi connectivity index (χ1n) is 5.77. The third-order valence-electron chi connectivity index (χ3n) is 2.76. The van der Waals surface area contributed by atoms with E-state index < -0.39 is 16.6 Å². The van der Waals surface area contributed by atoms with Gasteiger partial charge >= 0.3 is 0 Å². The van der Waals surface area contributed by atoms with Crippen molar-refractivity contribution in [2.75, 3.05) is 11.1 Å². The van der Waals surface area contributed by atoms with E-state index in [1.54, 1.807) is 12.1 Å². The third-order valence-corrected chi connectivity index (χ3v) is 3.90. The monoisotopic (exact) mass is 415 g/mol. The fourth-order valence-electron chi connectivity index (χ4n) is 1.77. The summed E-state index contributed by atoms with van der Waals surface area (Å²) in [4.78, 5) is -0.805. The van der Waals surface area contributed by atoms with Crippen molar-refractivity contribution in [3.8, 4) is 6.07 Å². The van der Waals surface area contributed by atoms with Gasteiger partial charge in [-0.3, -0.25) is 0 Å². The molecule has 2 aromatic carbocycles. The molecule has 21 heavy (non-hydrogen) atoms. The first-order chi connectivity index (χ1) is 9.92. The number of anilines is 2. The average molecular weight is 417 g/mol. The van der Waals surface area contributed by atoms with Crippen LogP contribution >= 0.6 is 31.9 Å². The molecule has 0 aromatic heterocycles. The Labute approximate surface area is 137 Å². The van der Waals surface area contributed by atoms with Gasteiger partial charge in [-0.05, 0) is 30.3 Å². The van der Waals surface area contributed by atoms with E-state index in [1.165, 1.54) is 18.2 Å². The van der Waals surface area contributed by atoms with Crippen LogP contribution < -0.4 is 11.1 Å². The summed E-state index contributed by atoms with van der Waals surface area (Å²) < 4.78 is 28.1. The van der Waals surface area contributed by atoms with Gasteiger partial charge in [0, 0.05) is 4.47 Å². The van der Waals surface area contributed by atoms with E-state index in [1.807, 2.05) is 6.07 Å². The van der Waals surface area contributed by atoms with Gasteiger partial charge in [0.05, 0.1) is 28.6 Å². The highest BCUT2D eigenvalue weighted by atomic mass is 79.9. The van der Waals surface area contributed by atoms with Crippen molar-refractivity contribution in [2.45, 2.75) is 4.95 Å². The topological polar surface area (TPSA) is 61.8 Å². The minimum atomic E-state index is -0.805. The third kappa shape index (κ3) is 3.52. The van der Waals surface area contributed by atoms with Gasteiger partial charge in [-0.25, -0.2) is 8.78 Å². The van der Waals surface area contributed by atoms with E-state index in [0.717, 1.165) is 0 Å². The standard InChI is InChI=1S/C14H9Br2F2N3/c15-8-4-9(17)13(10(18)5-8)14(16)21-12-2-1-7(6-19)3-11(12)20/h1-5,14,21H,20H2. The van der Waals surface area contributed by atoms with Crippen LogP contribution in [0, 0.1) is 23.0 Å².